The molecule has 1 unspecified atom stereocenters. The van der Waals surface area contributed by atoms with Crippen molar-refractivity contribution in [3.63, 3.8) is 0 Å². The molecule has 1 atom stereocenters. The number of halogens is 1. The number of rotatable bonds is 4. The lowest BCUT2D eigenvalue weighted by molar-refractivity contribution is -0.139. The van der Waals surface area contributed by atoms with E-state index in [4.69, 9.17) is 16.3 Å². The molecule has 1 fully saturated rings. The molecule has 0 saturated carbocycles. The van der Waals surface area contributed by atoms with Crippen molar-refractivity contribution in [3.05, 3.63) is 34.9 Å². The minimum atomic E-state index is 0.0426. The minimum absolute atomic E-state index is 0.0426. The van der Waals surface area contributed by atoms with Crippen molar-refractivity contribution in [2.24, 2.45) is 0 Å². The fourth-order valence-electron chi connectivity index (χ4n) is 2.16. The van der Waals surface area contributed by atoms with Crippen LogP contribution in [-0.4, -0.2) is 43.1 Å². The number of hydrogen-bond acceptors (Lipinski definition) is 3. The van der Waals surface area contributed by atoms with E-state index in [1.54, 1.807) is 0 Å². The van der Waals surface area contributed by atoms with Gasteiger partial charge in [0.25, 0.3) is 0 Å². The summed E-state index contributed by atoms with van der Waals surface area (Å²) in [6.07, 6.45) is 0. The van der Waals surface area contributed by atoms with Crippen molar-refractivity contribution in [2.75, 3.05) is 26.2 Å². The first-order valence-corrected chi connectivity index (χ1v) is 6.87. The molecule has 0 radical (unpaired) electrons. The summed E-state index contributed by atoms with van der Waals surface area (Å²) in [7, 11) is 0. The molecular weight excluding hydrogens is 264 g/mol. The zero-order chi connectivity index (χ0) is 13.7. The summed E-state index contributed by atoms with van der Waals surface area (Å²) < 4.78 is 5.47. The van der Waals surface area contributed by atoms with Gasteiger partial charge in [0.2, 0.25) is 5.91 Å². The van der Waals surface area contributed by atoms with E-state index >= 15 is 0 Å². The standard InChI is InChI=1S/C14H19ClN2O2/c1-11-8-16-6-7-17(11)14(18)10-19-9-12-4-2-3-5-13(12)15/h2-5,11,16H,6-10H2,1H3. The Hall–Kier alpha value is -1.10. The average molecular weight is 283 g/mol. The summed E-state index contributed by atoms with van der Waals surface area (Å²) in [6, 6.07) is 7.73. The van der Waals surface area contributed by atoms with E-state index in [0.717, 1.165) is 25.2 Å². The summed E-state index contributed by atoms with van der Waals surface area (Å²) in [4.78, 5) is 13.9. The Bertz CT molecular complexity index is 439. The Balaban J connectivity index is 1.79. The number of nitrogens with zero attached hydrogens (tertiary/aromatic N) is 1. The van der Waals surface area contributed by atoms with Crippen LogP contribution in [-0.2, 0) is 16.1 Å². The molecule has 1 heterocycles. The van der Waals surface area contributed by atoms with Gasteiger partial charge in [0.05, 0.1) is 6.61 Å². The highest BCUT2D eigenvalue weighted by atomic mass is 35.5. The van der Waals surface area contributed by atoms with Gasteiger partial charge in [-0.15, -0.1) is 0 Å². The van der Waals surface area contributed by atoms with Crippen molar-refractivity contribution in [1.29, 1.82) is 0 Å². The molecule has 5 heteroatoms. The van der Waals surface area contributed by atoms with Crippen molar-refractivity contribution < 1.29 is 9.53 Å². The average Bonchev–Trinajstić information content (AvgIpc) is 2.41. The van der Waals surface area contributed by atoms with Gasteiger partial charge in [-0.2, -0.15) is 0 Å². The third-order valence-electron chi connectivity index (χ3n) is 3.26. The van der Waals surface area contributed by atoms with E-state index in [-0.39, 0.29) is 18.6 Å². The normalized spacial score (nSPS) is 19.5. The van der Waals surface area contributed by atoms with Crippen LogP contribution in [0.5, 0.6) is 0 Å². The first-order valence-electron chi connectivity index (χ1n) is 6.50. The summed E-state index contributed by atoms with van der Waals surface area (Å²) in [5.41, 5.74) is 0.908. The molecule has 0 aliphatic carbocycles. The van der Waals surface area contributed by atoms with Gasteiger partial charge in [0.15, 0.2) is 0 Å². The second kappa shape index (κ2) is 6.89. The van der Waals surface area contributed by atoms with E-state index in [0.29, 0.717) is 11.6 Å². The Kier molecular flexibility index (Phi) is 5.19. The third kappa shape index (κ3) is 3.93. The quantitative estimate of drug-likeness (QED) is 0.914. The zero-order valence-electron chi connectivity index (χ0n) is 11.1. The van der Waals surface area contributed by atoms with E-state index in [1.165, 1.54) is 0 Å². The number of carbonyl (C=O) groups excluding carboxylic acids is 1. The lowest BCUT2D eigenvalue weighted by atomic mass is 10.2. The molecule has 0 bridgehead atoms. The monoisotopic (exact) mass is 282 g/mol. The maximum atomic E-state index is 12.0. The largest absolute Gasteiger partial charge is 0.367 e. The molecule has 2 rings (SSSR count). The SMILES string of the molecule is CC1CNCCN1C(=O)COCc1ccccc1Cl. The fraction of sp³-hybridized carbons (Fsp3) is 0.500. The summed E-state index contributed by atoms with van der Waals surface area (Å²) in [5, 5.41) is 3.93. The fourth-order valence-corrected chi connectivity index (χ4v) is 2.35. The number of ether oxygens (including phenoxy) is 1. The first-order chi connectivity index (χ1) is 9.18. The van der Waals surface area contributed by atoms with Crippen LogP contribution in [0, 0.1) is 0 Å². The van der Waals surface area contributed by atoms with E-state index in [9.17, 15) is 4.79 Å². The molecular formula is C14H19ClN2O2. The molecule has 1 aromatic carbocycles. The number of amides is 1. The van der Waals surface area contributed by atoms with Crippen molar-refractivity contribution in [2.45, 2.75) is 19.6 Å². The third-order valence-corrected chi connectivity index (χ3v) is 3.63. The van der Waals surface area contributed by atoms with Gasteiger partial charge in [-0.3, -0.25) is 4.79 Å². The van der Waals surface area contributed by atoms with Gasteiger partial charge in [0, 0.05) is 30.7 Å². The molecule has 0 aromatic heterocycles. The predicted octanol–water partition coefficient (Wildman–Crippen LogP) is 1.68. The second-order valence-corrected chi connectivity index (χ2v) is 5.13. The maximum Gasteiger partial charge on any atom is 0.248 e. The van der Waals surface area contributed by atoms with Crippen molar-refractivity contribution in [1.82, 2.24) is 10.2 Å². The van der Waals surface area contributed by atoms with Crippen LogP contribution in [0.4, 0.5) is 0 Å². The first kappa shape index (κ1) is 14.3. The van der Waals surface area contributed by atoms with Gasteiger partial charge in [-0.1, -0.05) is 29.8 Å². The molecule has 1 N–H and O–H groups in total. The molecule has 0 spiro atoms. The predicted molar refractivity (Wildman–Crippen MR) is 75.2 cm³/mol. The van der Waals surface area contributed by atoms with Crippen LogP contribution < -0.4 is 5.32 Å². The van der Waals surface area contributed by atoms with Crippen LogP contribution in [0.15, 0.2) is 24.3 Å². The molecule has 1 amide bonds. The highest BCUT2D eigenvalue weighted by Crippen LogP contribution is 2.15. The van der Waals surface area contributed by atoms with Gasteiger partial charge < -0.3 is 15.0 Å². The Labute approximate surface area is 118 Å². The topological polar surface area (TPSA) is 41.6 Å². The van der Waals surface area contributed by atoms with Gasteiger partial charge in [-0.05, 0) is 18.6 Å². The lowest BCUT2D eigenvalue weighted by Gasteiger charge is -2.33. The zero-order valence-corrected chi connectivity index (χ0v) is 11.8. The maximum absolute atomic E-state index is 12.0. The summed E-state index contributed by atoms with van der Waals surface area (Å²) >= 11 is 6.03. The van der Waals surface area contributed by atoms with E-state index in [2.05, 4.69) is 5.32 Å². The number of hydrogen-bond donors (Lipinski definition) is 1. The highest BCUT2D eigenvalue weighted by Gasteiger charge is 2.22. The van der Waals surface area contributed by atoms with Gasteiger partial charge in [-0.25, -0.2) is 0 Å². The lowest BCUT2D eigenvalue weighted by Crippen LogP contribution is -2.53. The molecule has 1 aliphatic heterocycles. The Morgan fingerprint density at radius 2 is 2.32 bits per heavy atom. The van der Waals surface area contributed by atoms with Crippen LogP contribution in [0.1, 0.15) is 12.5 Å². The van der Waals surface area contributed by atoms with Crippen molar-refractivity contribution >= 4 is 17.5 Å². The van der Waals surface area contributed by atoms with E-state index in [1.807, 2.05) is 36.1 Å². The van der Waals surface area contributed by atoms with Gasteiger partial charge in [0.1, 0.15) is 6.61 Å². The van der Waals surface area contributed by atoms with Crippen LogP contribution in [0.25, 0.3) is 0 Å². The van der Waals surface area contributed by atoms with Crippen LogP contribution in [0.2, 0.25) is 5.02 Å². The molecule has 19 heavy (non-hydrogen) atoms. The summed E-state index contributed by atoms with van der Waals surface area (Å²) in [5.74, 6) is 0.0426. The summed E-state index contributed by atoms with van der Waals surface area (Å²) in [6.45, 7) is 4.95. The molecule has 4 nitrogen and oxygen atoms in total. The minimum Gasteiger partial charge on any atom is -0.367 e. The molecule has 1 aliphatic rings. The number of benzene rings is 1. The Morgan fingerprint density at radius 1 is 1.53 bits per heavy atom. The molecule has 1 aromatic rings. The number of piperazine rings is 1. The Morgan fingerprint density at radius 3 is 3.05 bits per heavy atom. The van der Waals surface area contributed by atoms with E-state index < -0.39 is 0 Å². The van der Waals surface area contributed by atoms with Crippen LogP contribution >= 0.6 is 11.6 Å². The van der Waals surface area contributed by atoms with Crippen LogP contribution in [0.3, 0.4) is 0 Å². The second-order valence-electron chi connectivity index (χ2n) is 4.72. The van der Waals surface area contributed by atoms with Gasteiger partial charge >= 0.3 is 0 Å². The molecule has 1 saturated heterocycles. The smallest absolute Gasteiger partial charge is 0.248 e. The number of carbonyl (C=O) groups is 1. The number of nitrogens with one attached hydrogen (secondary N) is 1. The highest BCUT2D eigenvalue weighted by molar-refractivity contribution is 6.31. The molecule has 104 valence electrons. The van der Waals surface area contributed by atoms with Crippen molar-refractivity contribution in [3.8, 4) is 0 Å².